The molecule has 1 saturated heterocycles. The lowest BCUT2D eigenvalue weighted by molar-refractivity contribution is 0.0510. The van der Waals surface area contributed by atoms with Gasteiger partial charge < -0.3 is 19.5 Å². The van der Waals surface area contributed by atoms with E-state index in [0.29, 0.717) is 24.3 Å². The molecule has 1 aliphatic carbocycles. The topological polar surface area (TPSA) is 63.6 Å². The van der Waals surface area contributed by atoms with Crippen molar-refractivity contribution in [3.63, 3.8) is 0 Å². The number of nitrogens with one attached hydrogen (secondary N) is 1. The maximum absolute atomic E-state index is 14.9. The molecule has 0 radical (unpaired) electrons. The molecule has 2 heterocycles. The van der Waals surface area contributed by atoms with Gasteiger partial charge in [-0.15, -0.1) is 0 Å². The van der Waals surface area contributed by atoms with Gasteiger partial charge in [-0.25, -0.2) is 9.18 Å². The van der Waals surface area contributed by atoms with E-state index >= 15 is 0 Å². The number of aromatic nitrogens is 1. The molecule has 0 bridgehead atoms. The van der Waals surface area contributed by atoms with Crippen molar-refractivity contribution in [2.45, 2.75) is 22.7 Å². The van der Waals surface area contributed by atoms with Crippen LogP contribution in [0.25, 0.3) is 10.9 Å². The first-order valence-electron chi connectivity index (χ1n) is 9.32. The highest BCUT2D eigenvalue weighted by Crippen LogP contribution is 2.38. The molecule has 1 aliphatic heterocycles. The minimum absolute atomic E-state index is 0.136. The Morgan fingerprint density at radius 1 is 1.24 bits per heavy atom. The van der Waals surface area contributed by atoms with E-state index in [0.717, 1.165) is 25.9 Å². The lowest BCUT2D eigenvalue weighted by Gasteiger charge is -2.30. The number of rotatable bonds is 4. The Bertz CT molecular complexity index is 1010. The molecule has 6 nitrogen and oxygen atoms in total. The summed E-state index contributed by atoms with van der Waals surface area (Å²) in [6.45, 7) is 2.39. The SMILES string of the molecule is O=C(OCC(Cl)(Cl)Cl)c1cn(C2CC2)c2cc(N3CCNCC3)c(F)cc2c1=O. The zero-order chi connectivity index (χ0) is 20.8. The lowest BCUT2D eigenvalue weighted by Crippen LogP contribution is -2.43. The molecule has 29 heavy (non-hydrogen) atoms. The molecule has 1 saturated carbocycles. The second-order valence-electron chi connectivity index (χ2n) is 7.26. The number of hydrogen-bond donors (Lipinski definition) is 1. The van der Waals surface area contributed by atoms with Crippen molar-refractivity contribution in [1.82, 2.24) is 9.88 Å². The van der Waals surface area contributed by atoms with Crippen LogP contribution in [0.2, 0.25) is 0 Å². The number of ether oxygens (including phenoxy) is 1. The van der Waals surface area contributed by atoms with Gasteiger partial charge in [-0.05, 0) is 25.0 Å². The quantitative estimate of drug-likeness (QED) is 0.557. The molecule has 10 heteroatoms. The van der Waals surface area contributed by atoms with E-state index in [-0.39, 0.29) is 17.0 Å². The highest BCUT2D eigenvalue weighted by atomic mass is 35.6. The van der Waals surface area contributed by atoms with Gasteiger partial charge in [0.15, 0.2) is 0 Å². The maximum Gasteiger partial charge on any atom is 0.343 e. The predicted octanol–water partition coefficient (Wildman–Crippen LogP) is 3.41. The first-order chi connectivity index (χ1) is 13.7. The van der Waals surface area contributed by atoms with Crippen LogP contribution in [0.5, 0.6) is 0 Å². The minimum atomic E-state index is -1.79. The average Bonchev–Trinajstić information content (AvgIpc) is 3.52. The molecule has 156 valence electrons. The Labute approximate surface area is 181 Å². The number of hydrogen-bond acceptors (Lipinski definition) is 5. The smallest absolute Gasteiger partial charge is 0.343 e. The number of piperazine rings is 1. The minimum Gasteiger partial charge on any atom is -0.457 e. The number of fused-ring (bicyclic) bond motifs is 1. The van der Waals surface area contributed by atoms with Gasteiger partial charge in [0.25, 0.3) is 0 Å². The standard InChI is InChI=1S/C19H19Cl3FN3O3/c20-19(21,22)10-29-18(28)13-9-26(11-1-2-11)15-8-16(25-5-3-24-4-6-25)14(23)7-12(15)17(13)27/h7-9,11,24H,1-6,10H2. The van der Waals surface area contributed by atoms with Gasteiger partial charge in [0, 0.05) is 43.8 Å². The van der Waals surface area contributed by atoms with Gasteiger partial charge in [-0.3, -0.25) is 4.79 Å². The normalized spacial score (nSPS) is 17.6. The highest BCUT2D eigenvalue weighted by molar-refractivity contribution is 6.67. The second-order valence-corrected chi connectivity index (χ2v) is 9.78. The summed E-state index contributed by atoms with van der Waals surface area (Å²) in [5.41, 5.74) is 0.259. The summed E-state index contributed by atoms with van der Waals surface area (Å²) in [5, 5.41) is 3.37. The molecule has 0 unspecified atom stereocenters. The third-order valence-corrected chi connectivity index (χ3v) is 5.41. The number of halogens is 4. The van der Waals surface area contributed by atoms with Crippen LogP contribution in [-0.4, -0.2) is 47.1 Å². The fourth-order valence-electron chi connectivity index (χ4n) is 3.53. The summed E-state index contributed by atoms with van der Waals surface area (Å²) in [5.74, 6) is -1.39. The summed E-state index contributed by atoms with van der Waals surface area (Å²) in [7, 11) is 0. The Kier molecular flexibility index (Phi) is 5.68. The molecule has 0 amide bonds. The van der Waals surface area contributed by atoms with E-state index in [9.17, 15) is 14.0 Å². The van der Waals surface area contributed by atoms with Gasteiger partial charge in [-0.2, -0.15) is 0 Å². The van der Waals surface area contributed by atoms with Gasteiger partial charge in [0.1, 0.15) is 18.0 Å². The van der Waals surface area contributed by atoms with Crippen molar-refractivity contribution in [2.24, 2.45) is 0 Å². The Hall–Kier alpha value is -1.54. The number of anilines is 1. The van der Waals surface area contributed by atoms with E-state index in [4.69, 9.17) is 39.5 Å². The van der Waals surface area contributed by atoms with E-state index in [1.165, 1.54) is 12.3 Å². The van der Waals surface area contributed by atoms with Crippen LogP contribution in [0.15, 0.2) is 23.1 Å². The molecule has 2 fully saturated rings. The van der Waals surface area contributed by atoms with Crippen molar-refractivity contribution in [3.05, 3.63) is 39.9 Å². The van der Waals surface area contributed by atoms with Crippen molar-refractivity contribution < 1.29 is 13.9 Å². The molecule has 1 aromatic heterocycles. The van der Waals surface area contributed by atoms with Crippen LogP contribution >= 0.6 is 34.8 Å². The summed E-state index contributed by atoms with van der Waals surface area (Å²) < 4.78 is 19.9. The third-order valence-electron chi connectivity index (χ3n) is 5.09. The second kappa shape index (κ2) is 7.95. The third kappa shape index (κ3) is 4.48. The fraction of sp³-hybridized carbons (Fsp3) is 0.474. The summed E-state index contributed by atoms with van der Waals surface area (Å²) in [6, 6.07) is 3.06. The number of alkyl halides is 3. The van der Waals surface area contributed by atoms with Gasteiger partial charge >= 0.3 is 5.97 Å². The van der Waals surface area contributed by atoms with Crippen LogP contribution in [-0.2, 0) is 4.74 Å². The molecule has 0 spiro atoms. The van der Waals surface area contributed by atoms with Crippen LogP contribution in [0, 0.1) is 5.82 Å². The zero-order valence-electron chi connectivity index (χ0n) is 15.4. The molecular formula is C19H19Cl3FN3O3. The van der Waals surface area contributed by atoms with E-state index in [1.807, 2.05) is 9.47 Å². The highest BCUT2D eigenvalue weighted by Gasteiger charge is 2.29. The maximum atomic E-state index is 14.9. The average molecular weight is 463 g/mol. The first-order valence-corrected chi connectivity index (χ1v) is 10.5. The van der Waals surface area contributed by atoms with Gasteiger partial charge in [-0.1, -0.05) is 34.8 Å². The first kappa shape index (κ1) is 20.7. The zero-order valence-corrected chi connectivity index (χ0v) is 17.7. The largest absolute Gasteiger partial charge is 0.457 e. The van der Waals surface area contributed by atoms with Crippen molar-refractivity contribution >= 4 is 57.4 Å². The molecule has 1 N–H and O–H groups in total. The van der Waals surface area contributed by atoms with Gasteiger partial charge in [0.05, 0.1) is 11.2 Å². The molecule has 2 aliphatic rings. The number of esters is 1. The molecule has 2 aromatic rings. The Morgan fingerprint density at radius 2 is 1.93 bits per heavy atom. The number of carbonyl (C=O) groups excluding carboxylic acids is 1. The summed E-state index contributed by atoms with van der Waals surface area (Å²) >= 11 is 16.8. The molecule has 4 rings (SSSR count). The number of pyridine rings is 1. The number of carbonyl (C=O) groups is 1. The molecule has 0 atom stereocenters. The monoisotopic (exact) mass is 461 g/mol. The van der Waals surface area contributed by atoms with Crippen LogP contribution in [0.1, 0.15) is 29.2 Å². The Balaban J connectivity index is 1.79. The fourth-order valence-corrected chi connectivity index (χ4v) is 3.70. The van der Waals surface area contributed by atoms with Crippen LogP contribution in [0.4, 0.5) is 10.1 Å². The van der Waals surface area contributed by atoms with E-state index < -0.39 is 27.6 Å². The molecular weight excluding hydrogens is 444 g/mol. The number of nitrogens with zero attached hydrogens (tertiary/aromatic N) is 2. The van der Waals surface area contributed by atoms with E-state index in [2.05, 4.69) is 5.32 Å². The molecule has 1 aromatic carbocycles. The summed E-state index contributed by atoms with van der Waals surface area (Å²) in [6.07, 6.45) is 3.31. The van der Waals surface area contributed by atoms with Crippen molar-refractivity contribution in [1.29, 1.82) is 0 Å². The van der Waals surface area contributed by atoms with Crippen LogP contribution in [0.3, 0.4) is 0 Å². The Morgan fingerprint density at radius 3 is 2.55 bits per heavy atom. The van der Waals surface area contributed by atoms with E-state index in [1.54, 1.807) is 6.07 Å². The predicted molar refractivity (Wildman–Crippen MR) is 112 cm³/mol. The number of benzene rings is 1. The van der Waals surface area contributed by atoms with Crippen molar-refractivity contribution in [3.8, 4) is 0 Å². The van der Waals surface area contributed by atoms with Gasteiger partial charge in [0.2, 0.25) is 9.22 Å². The van der Waals surface area contributed by atoms with Crippen LogP contribution < -0.4 is 15.6 Å². The van der Waals surface area contributed by atoms with Crippen molar-refractivity contribution in [2.75, 3.05) is 37.7 Å². The summed E-state index contributed by atoms with van der Waals surface area (Å²) in [4.78, 5) is 27.3. The lowest BCUT2D eigenvalue weighted by atomic mass is 10.1.